The van der Waals surface area contributed by atoms with Gasteiger partial charge in [0.2, 0.25) is 0 Å². The zero-order valence-electron chi connectivity index (χ0n) is 15.5. The van der Waals surface area contributed by atoms with Crippen LogP contribution in [0, 0.1) is 0 Å². The number of aromatic nitrogens is 1. The number of anilines is 1. The molecule has 146 valence electrons. The van der Waals surface area contributed by atoms with Gasteiger partial charge < -0.3 is 15.6 Å². The minimum Gasteiger partial charge on any atom is -0.369 e. The molecule has 0 spiro atoms. The summed E-state index contributed by atoms with van der Waals surface area (Å²) in [5.41, 5.74) is 2.06. The third-order valence-corrected chi connectivity index (χ3v) is 6.14. The molecule has 3 aromatic rings. The Morgan fingerprint density at radius 1 is 0.929 bits per heavy atom. The molecule has 1 saturated carbocycles. The van der Waals surface area contributed by atoms with E-state index in [1.165, 1.54) is 0 Å². The summed E-state index contributed by atoms with van der Waals surface area (Å²) in [4.78, 5) is 15.6. The van der Waals surface area contributed by atoms with Gasteiger partial charge in [0.15, 0.2) is 5.43 Å². The Morgan fingerprint density at radius 2 is 1.68 bits per heavy atom. The number of benzene rings is 2. The maximum absolute atomic E-state index is 12.3. The standard InChI is InChI=1S/C22H23Cl2N3O/c23-18-10-5-14(11-19(18)24)13-25-15-6-8-16(9-7-15)26-22-12-21(28)17-3-1-2-4-20(17)27-22/h1-5,10-12,15-16,25H,6-9,13H2,(H2,26,27,28). The number of nitrogens with one attached hydrogen (secondary N) is 3. The number of rotatable bonds is 5. The van der Waals surface area contributed by atoms with Gasteiger partial charge in [-0.3, -0.25) is 4.79 Å². The molecule has 28 heavy (non-hydrogen) atoms. The quantitative estimate of drug-likeness (QED) is 0.526. The second-order valence-corrected chi connectivity index (χ2v) is 8.23. The Labute approximate surface area is 174 Å². The predicted molar refractivity (Wildman–Crippen MR) is 118 cm³/mol. The summed E-state index contributed by atoms with van der Waals surface area (Å²) in [6, 6.07) is 15.9. The van der Waals surface area contributed by atoms with Crippen LogP contribution in [0.15, 0.2) is 53.3 Å². The monoisotopic (exact) mass is 415 g/mol. The summed E-state index contributed by atoms with van der Waals surface area (Å²) in [5, 5.41) is 9.03. The molecule has 0 aliphatic heterocycles. The van der Waals surface area contributed by atoms with Crippen molar-refractivity contribution in [1.82, 2.24) is 10.3 Å². The molecule has 0 bridgehead atoms. The maximum atomic E-state index is 12.3. The molecular weight excluding hydrogens is 393 g/mol. The first-order chi connectivity index (χ1) is 13.6. The second-order valence-electron chi connectivity index (χ2n) is 7.42. The smallest absolute Gasteiger partial charge is 0.191 e. The van der Waals surface area contributed by atoms with E-state index in [-0.39, 0.29) is 5.43 Å². The molecule has 0 saturated heterocycles. The summed E-state index contributed by atoms with van der Waals surface area (Å²) in [6.07, 6.45) is 4.31. The lowest BCUT2D eigenvalue weighted by Gasteiger charge is -2.30. The molecule has 1 fully saturated rings. The number of H-pyrrole nitrogens is 1. The highest BCUT2D eigenvalue weighted by Crippen LogP contribution is 2.24. The fourth-order valence-electron chi connectivity index (χ4n) is 3.85. The van der Waals surface area contributed by atoms with Gasteiger partial charge in [0.25, 0.3) is 0 Å². The van der Waals surface area contributed by atoms with E-state index in [0.29, 0.717) is 22.1 Å². The second kappa shape index (κ2) is 8.56. The van der Waals surface area contributed by atoms with Crippen LogP contribution in [-0.2, 0) is 6.54 Å². The van der Waals surface area contributed by atoms with Crippen LogP contribution in [0.2, 0.25) is 10.0 Å². The Hall–Kier alpha value is -2.01. The normalized spacial score (nSPS) is 19.6. The van der Waals surface area contributed by atoms with Gasteiger partial charge in [0.05, 0.1) is 15.6 Å². The van der Waals surface area contributed by atoms with Crippen LogP contribution in [0.3, 0.4) is 0 Å². The topological polar surface area (TPSA) is 56.9 Å². The zero-order valence-corrected chi connectivity index (χ0v) is 17.0. The van der Waals surface area contributed by atoms with E-state index in [9.17, 15) is 4.79 Å². The number of halogens is 2. The van der Waals surface area contributed by atoms with Crippen LogP contribution in [0.1, 0.15) is 31.2 Å². The fourth-order valence-corrected chi connectivity index (χ4v) is 4.17. The Balaban J connectivity index is 1.30. The van der Waals surface area contributed by atoms with E-state index in [4.69, 9.17) is 23.2 Å². The van der Waals surface area contributed by atoms with Gasteiger partial charge in [-0.2, -0.15) is 0 Å². The lowest BCUT2D eigenvalue weighted by Crippen LogP contribution is -2.36. The third kappa shape index (κ3) is 4.52. The van der Waals surface area contributed by atoms with Gasteiger partial charge in [-0.25, -0.2) is 0 Å². The molecule has 1 aromatic heterocycles. The number of hydrogen-bond acceptors (Lipinski definition) is 3. The molecule has 6 heteroatoms. The SMILES string of the molecule is O=c1cc(NC2CCC(NCc3ccc(Cl)c(Cl)c3)CC2)[nH]c2ccccc12. The van der Waals surface area contributed by atoms with Crippen molar-refractivity contribution in [2.75, 3.05) is 5.32 Å². The number of para-hydroxylation sites is 1. The zero-order chi connectivity index (χ0) is 19.5. The highest BCUT2D eigenvalue weighted by atomic mass is 35.5. The van der Waals surface area contributed by atoms with Gasteiger partial charge in [-0.05, 0) is 55.5 Å². The van der Waals surface area contributed by atoms with Crippen LogP contribution in [0.25, 0.3) is 10.9 Å². The van der Waals surface area contributed by atoms with Gasteiger partial charge in [-0.1, -0.05) is 41.4 Å². The molecule has 2 aromatic carbocycles. The number of hydrogen-bond donors (Lipinski definition) is 3. The predicted octanol–water partition coefficient (Wildman–Crippen LogP) is 5.35. The van der Waals surface area contributed by atoms with E-state index in [1.54, 1.807) is 6.07 Å². The molecule has 3 N–H and O–H groups in total. The maximum Gasteiger partial charge on any atom is 0.191 e. The van der Waals surface area contributed by atoms with Crippen molar-refractivity contribution in [2.24, 2.45) is 0 Å². The first kappa shape index (κ1) is 19.3. The Kier molecular flexibility index (Phi) is 5.90. The summed E-state index contributed by atoms with van der Waals surface area (Å²) in [7, 11) is 0. The average Bonchev–Trinajstić information content (AvgIpc) is 2.70. The van der Waals surface area contributed by atoms with Crippen LogP contribution in [-0.4, -0.2) is 17.1 Å². The highest BCUT2D eigenvalue weighted by molar-refractivity contribution is 6.42. The van der Waals surface area contributed by atoms with Crippen molar-refractivity contribution in [1.29, 1.82) is 0 Å². The van der Waals surface area contributed by atoms with E-state index >= 15 is 0 Å². The van der Waals surface area contributed by atoms with Gasteiger partial charge in [0, 0.05) is 30.1 Å². The summed E-state index contributed by atoms with van der Waals surface area (Å²) >= 11 is 12.1. The minimum atomic E-state index is 0.0498. The fraction of sp³-hybridized carbons (Fsp3) is 0.318. The van der Waals surface area contributed by atoms with Crippen molar-refractivity contribution in [3.05, 3.63) is 74.4 Å². The van der Waals surface area contributed by atoms with Crippen molar-refractivity contribution < 1.29 is 0 Å². The van der Waals surface area contributed by atoms with Gasteiger partial charge >= 0.3 is 0 Å². The van der Waals surface area contributed by atoms with Crippen molar-refractivity contribution in [3.8, 4) is 0 Å². The minimum absolute atomic E-state index is 0.0498. The van der Waals surface area contributed by atoms with E-state index < -0.39 is 0 Å². The summed E-state index contributed by atoms with van der Waals surface area (Å²) in [6.45, 7) is 0.789. The molecule has 1 aliphatic rings. The van der Waals surface area contributed by atoms with Crippen LogP contribution < -0.4 is 16.1 Å². The van der Waals surface area contributed by atoms with Gasteiger partial charge in [0.1, 0.15) is 5.82 Å². The van der Waals surface area contributed by atoms with E-state index in [1.807, 2.05) is 42.5 Å². The summed E-state index contributed by atoms with van der Waals surface area (Å²) in [5.74, 6) is 0.802. The average molecular weight is 416 g/mol. The third-order valence-electron chi connectivity index (χ3n) is 5.40. The van der Waals surface area contributed by atoms with E-state index in [2.05, 4.69) is 15.6 Å². The number of aromatic amines is 1. The molecule has 0 radical (unpaired) electrons. The molecule has 0 atom stereocenters. The molecular formula is C22H23Cl2N3O. The van der Waals surface area contributed by atoms with Crippen LogP contribution in [0.5, 0.6) is 0 Å². The lowest BCUT2D eigenvalue weighted by atomic mass is 9.91. The molecule has 4 rings (SSSR count). The molecule has 0 amide bonds. The van der Waals surface area contributed by atoms with Crippen LogP contribution in [0.4, 0.5) is 5.82 Å². The Morgan fingerprint density at radius 3 is 2.46 bits per heavy atom. The molecule has 0 unspecified atom stereocenters. The van der Waals surface area contributed by atoms with Crippen molar-refractivity contribution in [3.63, 3.8) is 0 Å². The first-order valence-corrected chi connectivity index (χ1v) is 10.4. The molecule has 1 heterocycles. The van der Waals surface area contributed by atoms with Crippen LogP contribution >= 0.6 is 23.2 Å². The number of pyridine rings is 1. The Bertz CT molecular complexity index is 1030. The summed E-state index contributed by atoms with van der Waals surface area (Å²) < 4.78 is 0. The van der Waals surface area contributed by atoms with Gasteiger partial charge in [-0.15, -0.1) is 0 Å². The van der Waals surface area contributed by atoms with Crippen molar-refractivity contribution in [2.45, 2.75) is 44.3 Å². The largest absolute Gasteiger partial charge is 0.369 e. The van der Waals surface area contributed by atoms with Crippen molar-refractivity contribution >= 4 is 39.9 Å². The molecule has 1 aliphatic carbocycles. The molecule has 4 nitrogen and oxygen atoms in total. The first-order valence-electron chi connectivity index (χ1n) is 9.64. The lowest BCUT2D eigenvalue weighted by molar-refractivity contribution is 0.352. The van der Waals surface area contributed by atoms with E-state index in [0.717, 1.165) is 54.5 Å². The number of fused-ring (bicyclic) bond motifs is 1. The highest BCUT2D eigenvalue weighted by Gasteiger charge is 2.21.